The standard InChI is InChI=1S/C11H11BrClN3S/c12-7-1-2-9(13)8(5-7)10(16-14)6-11-15-3-4-17-11/h1-5,10,16H,6,14H2. The summed E-state index contributed by atoms with van der Waals surface area (Å²) >= 11 is 11.2. The molecule has 0 bridgehead atoms. The summed E-state index contributed by atoms with van der Waals surface area (Å²) in [7, 11) is 0. The quantitative estimate of drug-likeness (QED) is 0.667. The lowest BCUT2D eigenvalue weighted by atomic mass is 10.0. The maximum absolute atomic E-state index is 6.18. The maximum Gasteiger partial charge on any atom is 0.0944 e. The third-order valence-electron chi connectivity index (χ3n) is 2.40. The van der Waals surface area contributed by atoms with Crippen molar-refractivity contribution in [2.75, 3.05) is 0 Å². The third kappa shape index (κ3) is 3.26. The molecule has 0 saturated heterocycles. The Morgan fingerprint density at radius 1 is 1.53 bits per heavy atom. The SMILES string of the molecule is NNC(Cc1nccs1)c1cc(Br)ccc1Cl. The molecule has 1 atom stereocenters. The van der Waals surface area contributed by atoms with Crippen LogP contribution in [0.3, 0.4) is 0 Å². The van der Waals surface area contributed by atoms with E-state index < -0.39 is 0 Å². The van der Waals surface area contributed by atoms with Gasteiger partial charge in [0.15, 0.2) is 0 Å². The van der Waals surface area contributed by atoms with Crippen molar-refractivity contribution in [1.82, 2.24) is 10.4 Å². The first-order valence-electron chi connectivity index (χ1n) is 5.00. The van der Waals surface area contributed by atoms with Gasteiger partial charge in [0.2, 0.25) is 0 Å². The maximum atomic E-state index is 6.18. The fourth-order valence-corrected chi connectivity index (χ4v) is 2.86. The van der Waals surface area contributed by atoms with Crippen LogP contribution in [0.25, 0.3) is 0 Å². The van der Waals surface area contributed by atoms with Gasteiger partial charge >= 0.3 is 0 Å². The zero-order valence-corrected chi connectivity index (χ0v) is 12.0. The van der Waals surface area contributed by atoms with Crippen molar-refractivity contribution in [2.45, 2.75) is 12.5 Å². The van der Waals surface area contributed by atoms with Crippen LogP contribution in [-0.2, 0) is 6.42 Å². The summed E-state index contributed by atoms with van der Waals surface area (Å²) in [6.45, 7) is 0. The first-order valence-corrected chi connectivity index (χ1v) is 7.05. The van der Waals surface area contributed by atoms with Crippen molar-refractivity contribution in [3.63, 3.8) is 0 Å². The molecule has 1 unspecified atom stereocenters. The second kappa shape index (κ2) is 5.93. The van der Waals surface area contributed by atoms with Crippen molar-refractivity contribution in [3.05, 3.63) is 49.8 Å². The van der Waals surface area contributed by atoms with Crippen LogP contribution < -0.4 is 11.3 Å². The van der Waals surface area contributed by atoms with E-state index in [9.17, 15) is 0 Å². The Morgan fingerprint density at radius 2 is 2.35 bits per heavy atom. The van der Waals surface area contributed by atoms with Gasteiger partial charge in [0.25, 0.3) is 0 Å². The van der Waals surface area contributed by atoms with Gasteiger partial charge in [-0.1, -0.05) is 27.5 Å². The van der Waals surface area contributed by atoms with E-state index >= 15 is 0 Å². The minimum absolute atomic E-state index is 0.0360. The van der Waals surface area contributed by atoms with Crippen LogP contribution in [0.5, 0.6) is 0 Å². The predicted octanol–water partition coefficient (Wildman–Crippen LogP) is 3.31. The number of aromatic nitrogens is 1. The summed E-state index contributed by atoms with van der Waals surface area (Å²) in [4.78, 5) is 4.25. The molecule has 2 aromatic rings. The number of nitrogens with zero attached hydrogens (tertiary/aromatic N) is 1. The Kier molecular flexibility index (Phi) is 4.53. The molecule has 3 N–H and O–H groups in total. The van der Waals surface area contributed by atoms with Crippen LogP contribution in [0.15, 0.2) is 34.2 Å². The Bertz CT molecular complexity index is 489. The Morgan fingerprint density at radius 3 is 3.00 bits per heavy atom. The summed E-state index contributed by atoms with van der Waals surface area (Å²) < 4.78 is 0.983. The molecule has 0 aliphatic heterocycles. The topological polar surface area (TPSA) is 50.9 Å². The van der Waals surface area contributed by atoms with Gasteiger partial charge in [-0.2, -0.15) is 0 Å². The van der Waals surface area contributed by atoms with Gasteiger partial charge in [-0.15, -0.1) is 11.3 Å². The highest BCUT2D eigenvalue weighted by atomic mass is 79.9. The minimum Gasteiger partial charge on any atom is -0.271 e. The molecule has 0 amide bonds. The van der Waals surface area contributed by atoms with E-state index in [1.165, 1.54) is 0 Å². The second-order valence-corrected chi connectivity index (χ2v) is 5.82. The van der Waals surface area contributed by atoms with Crippen LogP contribution in [0.2, 0.25) is 5.02 Å². The van der Waals surface area contributed by atoms with Gasteiger partial charge in [-0.25, -0.2) is 4.98 Å². The average molecular weight is 333 g/mol. The number of nitrogens with one attached hydrogen (secondary N) is 1. The Hall–Kier alpha value is -0.460. The molecule has 17 heavy (non-hydrogen) atoms. The van der Waals surface area contributed by atoms with Gasteiger partial charge in [-0.05, 0) is 23.8 Å². The second-order valence-electron chi connectivity index (χ2n) is 3.52. The average Bonchev–Trinajstić information content (AvgIpc) is 2.82. The summed E-state index contributed by atoms with van der Waals surface area (Å²) in [5.41, 5.74) is 3.76. The third-order valence-corrected chi connectivity index (χ3v) is 4.04. The molecular formula is C11H11BrClN3S. The first kappa shape index (κ1) is 13.0. The van der Waals surface area contributed by atoms with Crippen molar-refractivity contribution in [2.24, 2.45) is 5.84 Å². The van der Waals surface area contributed by atoms with Crippen LogP contribution in [0.1, 0.15) is 16.6 Å². The lowest BCUT2D eigenvalue weighted by molar-refractivity contribution is 0.550. The zero-order valence-electron chi connectivity index (χ0n) is 8.86. The van der Waals surface area contributed by atoms with Crippen LogP contribution in [-0.4, -0.2) is 4.98 Å². The normalized spacial score (nSPS) is 12.6. The molecule has 0 aliphatic rings. The molecule has 1 aromatic carbocycles. The number of benzene rings is 1. The highest BCUT2D eigenvalue weighted by Gasteiger charge is 2.15. The smallest absolute Gasteiger partial charge is 0.0944 e. The molecule has 90 valence electrons. The highest BCUT2D eigenvalue weighted by molar-refractivity contribution is 9.10. The largest absolute Gasteiger partial charge is 0.271 e. The molecule has 0 fully saturated rings. The molecule has 1 aromatic heterocycles. The van der Waals surface area contributed by atoms with E-state index in [2.05, 4.69) is 26.3 Å². The molecule has 1 heterocycles. The summed E-state index contributed by atoms with van der Waals surface area (Å²) in [6, 6.07) is 5.70. The summed E-state index contributed by atoms with van der Waals surface area (Å²) in [5.74, 6) is 5.59. The van der Waals surface area contributed by atoms with E-state index in [4.69, 9.17) is 17.4 Å². The number of hydrazine groups is 1. The summed E-state index contributed by atoms with van der Waals surface area (Å²) in [5, 5.41) is 3.68. The van der Waals surface area contributed by atoms with Crippen molar-refractivity contribution >= 4 is 38.9 Å². The molecule has 6 heteroatoms. The number of halogens is 2. The van der Waals surface area contributed by atoms with E-state index in [-0.39, 0.29) is 6.04 Å². The fourth-order valence-electron chi connectivity index (χ4n) is 1.57. The molecule has 2 rings (SSSR count). The number of hydrogen-bond donors (Lipinski definition) is 2. The fraction of sp³-hybridized carbons (Fsp3) is 0.182. The monoisotopic (exact) mass is 331 g/mol. The lowest BCUT2D eigenvalue weighted by Crippen LogP contribution is -2.29. The molecule has 3 nitrogen and oxygen atoms in total. The van der Waals surface area contributed by atoms with Gasteiger partial charge in [0.1, 0.15) is 0 Å². The molecule has 0 spiro atoms. The van der Waals surface area contributed by atoms with E-state index in [1.54, 1.807) is 17.5 Å². The van der Waals surface area contributed by atoms with E-state index in [0.29, 0.717) is 5.02 Å². The number of thiazole rings is 1. The van der Waals surface area contributed by atoms with Crippen molar-refractivity contribution in [3.8, 4) is 0 Å². The molecule has 0 aliphatic carbocycles. The number of hydrogen-bond acceptors (Lipinski definition) is 4. The summed E-state index contributed by atoms with van der Waals surface area (Å²) in [6.07, 6.45) is 2.51. The van der Waals surface area contributed by atoms with E-state index in [0.717, 1.165) is 21.5 Å². The molecule has 0 radical (unpaired) electrons. The van der Waals surface area contributed by atoms with Crippen LogP contribution in [0, 0.1) is 0 Å². The number of nitrogens with two attached hydrogens (primary N) is 1. The van der Waals surface area contributed by atoms with Crippen molar-refractivity contribution in [1.29, 1.82) is 0 Å². The lowest BCUT2D eigenvalue weighted by Gasteiger charge is -2.16. The van der Waals surface area contributed by atoms with Crippen molar-refractivity contribution < 1.29 is 0 Å². The predicted molar refractivity (Wildman–Crippen MR) is 75.0 cm³/mol. The van der Waals surface area contributed by atoms with Gasteiger partial charge in [0.05, 0.1) is 11.0 Å². The number of rotatable bonds is 4. The molecular weight excluding hydrogens is 322 g/mol. The Balaban J connectivity index is 2.25. The molecule has 0 saturated carbocycles. The van der Waals surface area contributed by atoms with E-state index in [1.807, 2.05) is 23.6 Å². The van der Waals surface area contributed by atoms with Crippen LogP contribution in [0.4, 0.5) is 0 Å². The van der Waals surface area contributed by atoms with Gasteiger partial charge < -0.3 is 0 Å². The highest BCUT2D eigenvalue weighted by Crippen LogP contribution is 2.28. The van der Waals surface area contributed by atoms with Gasteiger partial charge in [-0.3, -0.25) is 11.3 Å². The minimum atomic E-state index is -0.0360. The first-order chi connectivity index (χ1) is 8.20. The Labute approximate surface area is 117 Å². The van der Waals surface area contributed by atoms with Gasteiger partial charge in [0, 0.05) is 27.5 Å². The zero-order chi connectivity index (χ0) is 12.3. The van der Waals surface area contributed by atoms with Crippen LogP contribution >= 0.6 is 38.9 Å².